The van der Waals surface area contributed by atoms with Crippen LogP contribution in [-0.4, -0.2) is 53.8 Å². The minimum Gasteiger partial charge on any atom is -0.481 e. The van der Waals surface area contributed by atoms with Crippen molar-refractivity contribution in [3.8, 4) is 0 Å². The van der Waals surface area contributed by atoms with E-state index in [4.69, 9.17) is 9.84 Å². The van der Waals surface area contributed by atoms with Crippen molar-refractivity contribution in [2.45, 2.75) is 44.7 Å². The number of ether oxygens (including phenoxy) is 1. The molecule has 0 bridgehead atoms. The lowest BCUT2D eigenvalue weighted by molar-refractivity contribution is -0.139. The van der Waals surface area contributed by atoms with E-state index >= 15 is 0 Å². The van der Waals surface area contributed by atoms with Gasteiger partial charge >= 0.3 is 12.0 Å². The highest BCUT2D eigenvalue weighted by molar-refractivity contribution is 5.76. The van der Waals surface area contributed by atoms with Gasteiger partial charge in [-0.1, -0.05) is 12.8 Å². The maximum Gasteiger partial charge on any atom is 0.318 e. The maximum atomic E-state index is 12.2. The molecule has 2 amide bonds. The quantitative estimate of drug-likeness (QED) is 0.783. The van der Waals surface area contributed by atoms with Crippen LogP contribution in [0.3, 0.4) is 0 Å². The summed E-state index contributed by atoms with van der Waals surface area (Å²) in [5, 5.41) is 11.8. The Morgan fingerprint density at radius 2 is 2.21 bits per heavy atom. The summed E-state index contributed by atoms with van der Waals surface area (Å²) in [6, 6.07) is -0.379. The van der Waals surface area contributed by atoms with Crippen LogP contribution in [0.15, 0.2) is 0 Å². The van der Waals surface area contributed by atoms with Gasteiger partial charge < -0.3 is 20.1 Å². The number of carboxylic acid groups (broad SMARTS) is 1. The van der Waals surface area contributed by atoms with Gasteiger partial charge in [0, 0.05) is 12.6 Å². The number of rotatable bonds is 5. The zero-order valence-corrected chi connectivity index (χ0v) is 11.3. The lowest BCUT2D eigenvalue weighted by Crippen LogP contribution is -2.54. The Bertz CT molecular complexity index is 344. The van der Waals surface area contributed by atoms with Crippen molar-refractivity contribution in [2.24, 2.45) is 5.92 Å². The molecule has 1 saturated heterocycles. The van der Waals surface area contributed by atoms with Gasteiger partial charge in [-0.25, -0.2) is 4.79 Å². The highest BCUT2D eigenvalue weighted by Crippen LogP contribution is 2.33. The Morgan fingerprint density at radius 3 is 2.84 bits per heavy atom. The first-order valence-electron chi connectivity index (χ1n) is 6.93. The molecule has 6 nitrogen and oxygen atoms in total. The third-order valence-corrected chi connectivity index (χ3v) is 3.65. The van der Waals surface area contributed by atoms with E-state index in [1.54, 1.807) is 4.90 Å². The lowest BCUT2D eigenvalue weighted by Gasteiger charge is -2.35. The second kappa shape index (κ2) is 6.23. The van der Waals surface area contributed by atoms with E-state index in [9.17, 15) is 9.59 Å². The van der Waals surface area contributed by atoms with Crippen LogP contribution in [-0.2, 0) is 9.53 Å². The molecule has 2 fully saturated rings. The predicted octanol–water partition coefficient (Wildman–Crippen LogP) is 1.06. The fraction of sp³-hybridized carbons (Fsp3) is 0.846. The van der Waals surface area contributed by atoms with Gasteiger partial charge in [0.15, 0.2) is 0 Å². The molecule has 108 valence electrons. The molecule has 2 aliphatic rings. The molecular weight excluding hydrogens is 248 g/mol. The number of aliphatic carboxylic acids is 1. The Labute approximate surface area is 113 Å². The van der Waals surface area contributed by atoms with Crippen molar-refractivity contribution < 1.29 is 19.4 Å². The van der Waals surface area contributed by atoms with Crippen molar-refractivity contribution in [1.29, 1.82) is 0 Å². The number of carbonyl (C=O) groups excluding carboxylic acids is 1. The van der Waals surface area contributed by atoms with Gasteiger partial charge in [-0.15, -0.1) is 0 Å². The molecule has 0 aromatic rings. The molecule has 0 aromatic carbocycles. The van der Waals surface area contributed by atoms with Gasteiger partial charge in [-0.2, -0.15) is 0 Å². The first kappa shape index (κ1) is 14.1. The largest absolute Gasteiger partial charge is 0.481 e. The van der Waals surface area contributed by atoms with Crippen LogP contribution < -0.4 is 5.32 Å². The number of carbonyl (C=O) groups is 2. The van der Waals surface area contributed by atoms with Crippen molar-refractivity contribution in [1.82, 2.24) is 10.2 Å². The molecular formula is C13H22N2O4. The highest BCUT2D eigenvalue weighted by Gasteiger charge is 2.30. The third-order valence-electron chi connectivity index (χ3n) is 3.65. The minimum atomic E-state index is -0.903. The minimum absolute atomic E-state index is 0.0651. The Hall–Kier alpha value is -1.30. The van der Waals surface area contributed by atoms with E-state index in [0.717, 1.165) is 12.3 Å². The number of nitrogens with one attached hydrogen (secondary N) is 1. The number of urea groups is 1. The average molecular weight is 270 g/mol. The lowest BCUT2D eigenvalue weighted by atomic mass is 10.1. The van der Waals surface area contributed by atoms with Crippen molar-refractivity contribution in [2.75, 3.05) is 19.8 Å². The molecule has 1 aliphatic heterocycles. The second-order valence-electron chi connectivity index (χ2n) is 5.55. The van der Waals surface area contributed by atoms with Crippen LogP contribution in [0.4, 0.5) is 4.79 Å². The number of nitrogens with zero attached hydrogens (tertiary/aromatic N) is 1. The molecule has 0 radical (unpaired) electrons. The van der Waals surface area contributed by atoms with Gasteiger partial charge in [0.1, 0.15) is 0 Å². The first-order valence-corrected chi connectivity index (χ1v) is 6.93. The Morgan fingerprint density at radius 1 is 1.47 bits per heavy atom. The van der Waals surface area contributed by atoms with Crippen molar-refractivity contribution in [3.05, 3.63) is 0 Å². The molecule has 0 spiro atoms. The standard InChI is InChI=1S/C13H22N2O4/c1-9(6-10-2-3-10)14-13(18)15-4-5-19-8-11(15)7-12(16)17/h9-11H,2-8H2,1H3,(H,14,18)(H,16,17). The zero-order valence-electron chi connectivity index (χ0n) is 11.3. The summed E-state index contributed by atoms with van der Waals surface area (Å²) >= 11 is 0. The van der Waals surface area contributed by atoms with Gasteiger partial charge in [0.2, 0.25) is 0 Å². The fourth-order valence-electron chi connectivity index (χ4n) is 2.50. The number of amides is 2. The number of hydrogen-bond acceptors (Lipinski definition) is 3. The molecule has 19 heavy (non-hydrogen) atoms. The molecule has 6 heteroatoms. The molecule has 1 aliphatic carbocycles. The zero-order chi connectivity index (χ0) is 13.8. The van der Waals surface area contributed by atoms with Gasteiger partial charge in [-0.3, -0.25) is 4.79 Å². The molecule has 1 saturated carbocycles. The van der Waals surface area contributed by atoms with E-state index in [1.807, 2.05) is 6.92 Å². The Kier molecular flexibility index (Phi) is 4.63. The van der Waals surface area contributed by atoms with Gasteiger partial charge in [0.05, 0.1) is 25.7 Å². The van der Waals surface area contributed by atoms with Crippen LogP contribution in [0.5, 0.6) is 0 Å². The van der Waals surface area contributed by atoms with E-state index in [0.29, 0.717) is 19.8 Å². The molecule has 2 unspecified atom stereocenters. The summed E-state index contributed by atoms with van der Waals surface area (Å²) in [5.74, 6) is -0.144. The van der Waals surface area contributed by atoms with Crippen LogP contribution in [0, 0.1) is 5.92 Å². The normalized spacial score (nSPS) is 24.9. The fourth-order valence-corrected chi connectivity index (χ4v) is 2.50. The first-order chi connectivity index (χ1) is 9.06. The summed E-state index contributed by atoms with van der Waals surface area (Å²) < 4.78 is 5.26. The molecule has 2 N–H and O–H groups in total. The second-order valence-corrected chi connectivity index (χ2v) is 5.55. The Balaban J connectivity index is 1.84. The maximum absolute atomic E-state index is 12.2. The summed E-state index contributed by atoms with van der Waals surface area (Å²) in [6.07, 6.45) is 3.48. The predicted molar refractivity (Wildman–Crippen MR) is 68.9 cm³/mol. The summed E-state index contributed by atoms with van der Waals surface area (Å²) in [4.78, 5) is 24.6. The summed E-state index contributed by atoms with van der Waals surface area (Å²) in [5.41, 5.74) is 0. The molecule has 0 aromatic heterocycles. The molecule has 2 rings (SSSR count). The van der Waals surface area contributed by atoms with E-state index in [1.165, 1.54) is 12.8 Å². The van der Waals surface area contributed by atoms with Crippen LogP contribution >= 0.6 is 0 Å². The SMILES string of the molecule is CC(CC1CC1)NC(=O)N1CCOCC1CC(=O)O. The van der Waals surface area contributed by atoms with Crippen molar-refractivity contribution >= 4 is 12.0 Å². The third kappa shape index (κ3) is 4.38. The van der Waals surface area contributed by atoms with E-state index in [-0.39, 0.29) is 24.5 Å². The van der Waals surface area contributed by atoms with Crippen LogP contribution in [0.2, 0.25) is 0 Å². The number of hydrogen-bond donors (Lipinski definition) is 2. The summed E-state index contributed by atoms with van der Waals surface area (Å²) in [6.45, 7) is 3.24. The molecule has 2 atom stereocenters. The van der Waals surface area contributed by atoms with E-state index in [2.05, 4.69) is 5.32 Å². The highest BCUT2D eigenvalue weighted by atomic mass is 16.5. The number of morpholine rings is 1. The number of carboxylic acids is 1. The molecule has 1 heterocycles. The van der Waals surface area contributed by atoms with Gasteiger partial charge in [-0.05, 0) is 19.3 Å². The van der Waals surface area contributed by atoms with Crippen molar-refractivity contribution in [3.63, 3.8) is 0 Å². The topological polar surface area (TPSA) is 78.9 Å². The average Bonchev–Trinajstić information content (AvgIpc) is 3.12. The summed E-state index contributed by atoms with van der Waals surface area (Å²) in [7, 11) is 0. The van der Waals surface area contributed by atoms with Gasteiger partial charge in [0.25, 0.3) is 0 Å². The monoisotopic (exact) mass is 270 g/mol. The smallest absolute Gasteiger partial charge is 0.318 e. The van der Waals surface area contributed by atoms with E-state index < -0.39 is 5.97 Å². The van der Waals surface area contributed by atoms with Crippen LogP contribution in [0.1, 0.15) is 32.6 Å². The van der Waals surface area contributed by atoms with Crippen LogP contribution in [0.25, 0.3) is 0 Å².